The Labute approximate surface area is 148 Å². The maximum atomic E-state index is 12.0. The van der Waals surface area contributed by atoms with Crippen LogP contribution >= 0.6 is 0 Å². The van der Waals surface area contributed by atoms with Crippen LogP contribution in [0.15, 0.2) is 4.99 Å². The number of carbonyl (C=O) groups excluding carboxylic acids is 1. The number of nitrogens with two attached hydrogens (primary N) is 1. The summed E-state index contributed by atoms with van der Waals surface area (Å²) in [6, 6.07) is 0. The Morgan fingerprint density at radius 3 is 2.04 bits per heavy atom. The monoisotopic (exact) mass is 360 g/mol. The number of nitrogens with zero attached hydrogens (tertiary/aromatic N) is 3. The second kappa shape index (κ2) is 8.18. The van der Waals surface area contributed by atoms with E-state index in [1.807, 2.05) is 46.4 Å². The number of amides is 1. The average Bonchev–Trinajstić information content (AvgIpc) is 2.44. The van der Waals surface area contributed by atoms with Gasteiger partial charge in [0.15, 0.2) is 5.96 Å². The van der Waals surface area contributed by atoms with E-state index in [0.29, 0.717) is 44.4 Å². The minimum absolute atomic E-state index is 0.233. The van der Waals surface area contributed by atoms with Crippen molar-refractivity contribution in [2.45, 2.75) is 51.9 Å². The van der Waals surface area contributed by atoms with Crippen LogP contribution in [0.5, 0.6) is 0 Å². The maximum absolute atomic E-state index is 12.0. The molecule has 1 unspecified atom stereocenters. The molecule has 7 nitrogen and oxygen atoms in total. The lowest BCUT2D eigenvalue weighted by atomic mass is 10.2. The van der Waals surface area contributed by atoms with E-state index in [4.69, 9.17) is 10.5 Å². The number of hydrogen-bond acceptors (Lipinski definition) is 4. The standard InChI is InChI=1S/C16H32N4O3S/c1-15(2,3)23-14(21)20-10-8-19(9-11-20)13(17)18-7-12-24(22)16(4,5)6/h7-12H2,1-6H3,(H2,17,18). The summed E-state index contributed by atoms with van der Waals surface area (Å²) < 4.78 is 17.1. The Morgan fingerprint density at radius 1 is 1.08 bits per heavy atom. The van der Waals surface area contributed by atoms with Crippen molar-refractivity contribution in [2.24, 2.45) is 10.7 Å². The quantitative estimate of drug-likeness (QED) is 0.607. The number of guanidine groups is 1. The van der Waals surface area contributed by atoms with Crippen LogP contribution < -0.4 is 5.73 Å². The number of piperazine rings is 1. The van der Waals surface area contributed by atoms with Crippen LogP contribution in [0.2, 0.25) is 0 Å². The molecule has 1 aliphatic rings. The molecule has 0 aliphatic carbocycles. The summed E-state index contributed by atoms with van der Waals surface area (Å²) in [6.07, 6.45) is -0.293. The highest BCUT2D eigenvalue weighted by Gasteiger charge is 2.26. The summed E-state index contributed by atoms with van der Waals surface area (Å²) in [7, 11) is -0.931. The van der Waals surface area contributed by atoms with Crippen molar-refractivity contribution in [3.8, 4) is 0 Å². The molecule has 1 rings (SSSR count). The zero-order chi connectivity index (χ0) is 18.5. The largest absolute Gasteiger partial charge is 0.444 e. The van der Waals surface area contributed by atoms with Gasteiger partial charge in [0.25, 0.3) is 0 Å². The van der Waals surface area contributed by atoms with Crippen LogP contribution in [-0.4, -0.2) is 74.9 Å². The van der Waals surface area contributed by atoms with Gasteiger partial charge >= 0.3 is 6.09 Å². The molecular weight excluding hydrogens is 328 g/mol. The van der Waals surface area contributed by atoms with Crippen molar-refractivity contribution in [1.29, 1.82) is 0 Å². The maximum Gasteiger partial charge on any atom is 0.410 e. The summed E-state index contributed by atoms with van der Waals surface area (Å²) in [5.74, 6) is 0.951. The molecule has 0 saturated carbocycles. The van der Waals surface area contributed by atoms with Gasteiger partial charge in [-0.1, -0.05) is 0 Å². The Morgan fingerprint density at radius 2 is 1.58 bits per heavy atom. The van der Waals surface area contributed by atoms with E-state index in [-0.39, 0.29) is 10.8 Å². The van der Waals surface area contributed by atoms with Crippen molar-refractivity contribution in [2.75, 3.05) is 38.5 Å². The molecule has 1 saturated heterocycles. The van der Waals surface area contributed by atoms with E-state index in [0.717, 1.165) is 0 Å². The van der Waals surface area contributed by atoms with Crippen LogP contribution in [0.25, 0.3) is 0 Å². The van der Waals surface area contributed by atoms with Gasteiger partial charge in [-0.15, -0.1) is 0 Å². The van der Waals surface area contributed by atoms with Crippen LogP contribution in [-0.2, 0) is 15.5 Å². The number of hydrogen-bond donors (Lipinski definition) is 1. The Bertz CT molecular complexity index is 487. The summed E-state index contributed by atoms with van der Waals surface area (Å²) in [5.41, 5.74) is 5.52. The second-order valence-corrected chi connectivity index (χ2v) is 10.2. The van der Waals surface area contributed by atoms with Crippen LogP contribution in [0.1, 0.15) is 41.5 Å². The van der Waals surface area contributed by atoms with Gasteiger partial charge in [0.1, 0.15) is 5.60 Å². The van der Waals surface area contributed by atoms with E-state index in [9.17, 15) is 9.00 Å². The molecule has 0 radical (unpaired) electrons. The van der Waals surface area contributed by atoms with E-state index >= 15 is 0 Å². The Kier molecular flexibility index (Phi) is 7.07. The molecule has 1 aliphatic heterocycles. The lowest BCUT2D eigenvalue weighted by Gasteiger charge is -2.36. The van der Waals surface area contributed by atoms with E-state index in [1.165, 1.54) is 0 Å². The van der Waals surface area contributed by atoms with Gasteiger partial charge in [-0.2, -0.15) is 0 Å². The number of carbonyl (C=O) groups is 1. The molecule has 140 valence electrons. The molecule has 8 heteroatoms. The predicted octanol–water partition coefficient (Wildman–Crippen LogP) is 1.40. The van der Waals surface area contributed by atoms with E-state index in [1.54, 1.807) is 4.90 Å². The molecule has 0 aromatic rings. The SMILES string of the molecule is CC(C)(C)OC(=O)N1CCN(C(N)=NCCS(=O)C(C)(C)C)CC1. The van der Waals surface area contributed by atoms with Crippen molar-refractivity contribution in [3.63, 3.8) is 0 Å². The average molecular weight is 361 g/mol. The van der Waals surface area contributed by atoms with Gasteiger partial charge in [-0.3, -0.25) is 9.20 Å². The fourth-order valence-corrected chi connectivity index (χ4v) is 2.96. The van der Waals surface area contributed by atoms with E-state index < -0.39 is 16.4 Å². The summed E-state index contributed by atoms with van der Waals surface area (Å²) in [4.78, 5) is 20.0. The molecule has 2 N–H and O–H groups in total. The summed E-state index contributed by atoms with van der Waals surface area (Å²) >= 11 is 0. The lowest BCUT2D eigenvalue weighted by Crippen LogP contribution is -2.53. The van der Waals surface area contributed by atoms with Gasteiger partial charge in [0.05, 0.1) is 6.54 Å². The summed E-state index contributed by atoms with van der Waals surface area (Å²) in [6.45, 7) is 14.2. The first-order chi connectivity index (χ1) is 10.9. The van der Waals surface area contributed by atoms with Crippen molar-refractivity contribution in [1.82, 2.24) is 9.80 Å². The minimum Gasteiger partial charge on any atom is -0.444 e. The first-order valence-corrected chi connectivity index (χ1v) is 9.63. The van der Waals surface area contributed by atoms with Crippen molar-refractivity contribution >= 4 is 22.9 Å². The molecular formula is C16H32N4O3S. The van der Waals surface area contributed by atoms with Gasteiger partial charge in [-0.05, 0) is 41.5 Å². The lowest BCUT2D eigenvalue weighted by molar-refractivity contribution is 0.0186. The fourth-order valence-electron chi connectivity index (χ4n) is 2.09. The molecule has 0 aromatic carbocycles. The molecule has 1 heterocycles. The highest BCUT2D eigenvalue weighted by molar-refractivity contribution is 7.86. The fraction of sp³-hybridized carbons (Fsp3) is 0.875. The van der Waals surface area contributed by atoms with Crippen LogP contribution in [0.4, 0.5) is 4.79 Å². The third-order valence-corrected chi connectivity index (χ3v) is 5.41. The van der Waals surface area contributed by atoms with Crippen LogP contribution in [0.3, 0.4) is 0 Å². The van der Waals surface area contributed by atoms with Crippen molar-refractivity contribution < 1.29 is 13.7 Å². The highest BCUT2D eigenvalue weighted by atomic mass is 32.2. The van der Waals surface area contributed by atoms with Crippen molar-refractivity contribution in [3.05, 3.63) is 0 Å². The number of ether oxygens (including phenoxy) is 1. The molecule has 0 bridgehead atoms. The highest BCUT2D eigenvalue weighted by Crippen LogP contribution is 2.12. The number of aliphatic imine (C=N–C) groups is 1. The van der Waals surface area contributed by atoms with Gasteiger partial charge in [0.2, 0.25) is 0 Å². The molecule has 0 aromatic heterocycles. The van der Waals surface area contributed by atoms with Gasteiger partial charge in [0, 0.05) is 47.5 Å². The number of rotatable bonds is 3. The first-order valence-electron chi connectivity index (χ1n) is 8.31. The van der Waals surface area contributed by atoms with Crippen LogP contribution in [0, 0.1) is 0 Å². The molecule has 0 spiro atoms. The van der Waals surface area contributed by atoms with E-state index in [2.05, 4.69) is 4.99 Å². The molecule has 1 atom stereocenters. The van der Waals surface area contributed by atoms with Gasteiger partial charge < -0.3 is 20.3 Å². The molecule has 1 fully saturated rings. The molecule has 1 amide bonds. The molecule has 24 heavy (non-hydrogen) atoms. The Hall–Kier alpha value is -1.31. The predicted molar refractivity (Wildman–Crippen MR) is 98.6 cm³/mol. The Balaban J connectivity index is 2.42. The third-order valence-electron chi connectivity index (χ3n) is 3.49. The first kappa shape index (κ1) is 20.7. The summed E-state index contributed by atoms with van der Waals surface area (Å²) in [5, 5.41) is 0. The second-order valence-electron chi connectivity index (χ2n) is 7.86. The zero-order valence-electron chi connectivity index (χ0n) is 15.8. The smallest absolute Gasteiger partial charge is 0.410 e. The normalized spacial score (nSPS) is 18.5. The minimum atomic E-state index is -0.931. The van der Waals surface area contributed by atoms with Gasteiger partial charge in [-0.25, -0.2) is 4.79 Å². The third kappa shape index (κ3) is 7.07. The zero-order valence-corrected chi connectivity index (χ0v) is 16.6. The topological polar surface area (TPSA) is 88.2 Å².